The minimum Gasteiger partial charge on any atom is -0.465 e. The van der Waals surface area contributed by atoms with E-state index in [0.717, 1.165) is 11.1 Å². The number of carbonyl (C=O) groups excluding carboxylic acids is 2. The largest absolute Gasteiger partial charge is 0.465 e. The van der Waals surface area contributed by atoms with Crippen molar-refractivity contribution in [1.29, 1.82) is 0 Å². The molecule has 0 aliphatic heterocycles. The van der Waals surface area contributed by atoms with Gasteiger partial charge in [-0.3, -0.25) is 0 Å². The van der Waals surface area contributed by atoms with Gasteiger partial charge in [0, 0.05) is 17.4 Å². The fourth-order valence-corrected chi connectivity index (χ4v) is 3.77. The van der Waals surface area contributed by atoms with Crippen molar-refractivity contribution >= 4 is 33.5 Å². The second kappa shape index (κ2) is 9.52. The lowest BCUT2D eigenvalue weighted by Gasteiger charge is -2.12. The first-order valence-corrected chi connectivity index (χ1v) is 11.0. The molecule has 3 aromatic rings. The number of methoxy groups -OCH3 is 1. The molecule has 2 amide bonds. The van der Waals surface area contributed by atoms with Gasteiger partial charge in [0.15, 0.2) is 0 Å². The van der Waals surface area contributed by atoms with Gasteiger partial charge in [-0.1, -0.05) is 29.8 Å². The Morgan fingerprint density at radius 3 is 2.16 bits per heavy atom. The van der Waals surface area contributed by atoms with Crippen molar-refractivity contribution in [3.63, 3.8) is 0 Å². The van der Waals surface area contributed by atoms with E-state index < -0.39 is 22.1 Å². The summed E-state index contributed by atoms with van der Waals surface area (Å²) >= 11 is 0. The molecule has 0 aliphatic rings. The van der Waals surface area contributed by atoms with Crippen molar-refractivity contribution in [2.45, 2.75) is 18.7 Å². The number of benzene rings is 3. The first kappa shape index (κ1) is 22.8. The number of amides is 2. The van der Waals surface area contributed by atoms with Crippen LogP contribution in [0.2, 0.25) is 0 Å². The summed E-state index contributed by atoms with van der Waals surface area (Å²) in [6.45, 7) is 3.72. The van der Waals surface area contributed by atoms with Gasteiger partial charge in [0.1, 0.15) is 10.6 Å². The standard InChI is InChI=1S/C23H22N2O6S/c1-15-7-9-21(10-8-15)32(28,29)31-20-13-17(22(26)30-3)12-19(14-20)25-23(27)24-18-6-4-5-16(2)11-18/h4-14H,1-3H3,(H2,24,25,27). The fourth-order valence-electron chi connectivity index (χ4n) is 2.85. The van der Waals surface area contributed by atoms with Crippen molar-refractivity contribution in [1.82, 2.24) is 0 Å². The molecule has 0 heterocycles. The fraction of sp³-hybridized carbons (Fsp3) is 0.130. The van der Waals surface area contributed by atoms with Gasteiger partial charge in [0.2, 0.25) is 0 Å². The monoisotopic (exact) mass is 454 g/mol. The number of rotatable bonds is 6. The maximum absolute atomic E-state index is 12.6. The van der Waals surface area contributed by atoms with Crippen LogP contribution in [0.5, 0.6) is 5.75 Å². The summed E-state index contributed by atoms with van der Waals surface area (Å²) in [4.78, 5) is 24.4. The van der Waals surface area contributed by atoms with Crippen molar-refractivity contribution < 1.29 is 26.9 Å². The summed E-state index contributed by atoms with van der Waals surface area (Å²) in [7, 11) is -2.97. The maximum atomic E-state index is 12.6. The van der Waals surface area contributed by atoms with E-state index in [1.807, 2.05) is 19.9 Å². The molecule has 2 N–H and O–H groups in total. The Balaban J connectivity index is 1.86. The van der Waals surface area contributed by atoms with E-state index >= 15 is 0 Å². The van der Waals surface area contributed by atoms with Crippen LogP contribution in [0.4, 0.5) is 16.2 Å². The summed E-state index contributed by atoms with van der Waals surface area (Å²) in [5, 5.41) is 5.24. The zero-order chi connectivity index (χ0) is 23.3. The van der Waals surface area contributed by atoms with Crippen molar-refractivity contribution in [2.75, 3.05) is 17.7 Å². The number of hydrogen-bond acceptors (Lipinski definition) is 6. The van der Waals surface area contributed by atoms with Gasteiger partial charge in [0.05, 0.1) is 12.7 Å². The molecule has 0 aromatic heterocycles. The van der Waals surface area contributed by atoms with E-state index in [2.05, 4.69) is 10.6 Å². The highest BCUT2D eigenvalue weighted by Gasteiger charge is 2.19. The van der Waals surface area contributed by atoms with E-state index in [1.54, 1.807) is 30.3 Å². The average Bonchev–Trinajstić information content (AvgIpc) is 2.72. The Bertz CT molecular complexity index is 1250. The van der Waals surface area contributed by atoms with Crippen LogP contribution in [0.3, 0.4) is 0 Å². The molecule has 0 unspecified atom stereocenters. The molecule has 8 nitrogen and oxygen atoms in total. The highest BCUT2D eigenvalue weighted by atomic mass is 32.2. The Labute approximate surface area is 186 Å². The summed E-state index contributed by atoms with van der Waals surface area (Å²) in [6, 6.07) is 16.6. The van der Waals surface area contributed by atoms with E-state index in [-0.39, 0.29) is 21.9 Å². The van der Waals surface area contributed by atoms with E-state index in [9.17, 15) is 18.0 Å². The molecule has 32 heavy (non-hydrogen) atoms. The number of hydrogen-bond donors (Lipinski definition) is 2. The quantitative estimate of drug-likeness (QED) is 0.419. The molecule has 0 spiro atoms. The van der Waals surface area contributed by atoms with Gasteiger partial charge in [-0.25, -0.2) is 9.59 Å². The minimum atomic E-state index is -4.16. The zero-order valence-corrected chi connectivity index (χ0v) is 18.5. The van der Waals surface area contributed by atoms with Crippen LogP contribution in [-0.4, -0.2) is 27.5 Å². The summed E-state index contributed by atoms with van der Waals surface area (Å²) in [5.74, 6) is -0.871. The van der Waals surface area contributed by atoms with Crippen LogP contribution in [0.1, 0.15) is 21.5 Å². The highest BCUT2D eigenvalue weighted by Crippen LogP contribution is 2.25. The van der Waals surface area contributed by atoms with Crippen molar-refractivity contribution in [3.8, 4) is 5.75 Å². The normalized spacial score (nSPS) is 10.8. The van der Waals surface area contributed by atoms with Gasteiger partial charge < -0.3 is 19.6 Å². The van der Waals surface area contributed by atoms with E-state index in [4.69, 9.17) is 8.92 Å². The van der Waals surface area contributed by atoms with Crippen LogP contribution in [0, 0.1) is 13.8 Å². The predicted molar refractivity (Wildman–Crippen MR) is 121 cm³/mol. The zero-order valence-electron chi connectivity index (χ0n) is 17.7. The predicted octanol–water partition coefficient (Wildman–Crippen LogP) is 4.50. The van der Waals surface area contributed by atoms with Crippen LogP contribution in [0.15, 0.2) is 71.6 Å². The minimum absolute atomic E-state index is 0.00922. The summed E-state index contributed by atoms with van der Waals surface area (Å²) in [6.07, 6.45) is 0. The summed E-state index contributed by atoms with van der Waals surface area (Å²) in [5.41, 5.74) is 2.59. The first-order valence-electron chi connectivity index (χ1n) is 9.55. The van der Waals surface area contributed by atoms with Crippen molar-refractivity contribution in [3.05, 3.63) is 83.4 Å². The van der Waals surface area contributed by atoms with Gasteiger partial charge in [-0.05, 0) is 55.8 Å². The van der Waals surface area contributed by atoms with Crippen molar-refractivity contribution in [2.24, 2.45) is 0 Å². The molecular weight excluding hydrogens is 432 g/mol. The lowest BCUT2D eigenvalue weighted by Crippen LogP contribution is -2.20. The lowest BCUT2D eigenvalue weighted by molar-refractivity contribution is 0.0600. The van der Waals surface area contributed by atoms with Crippen LogP contribution in [0.25, 0.3) is 0 Å². The number of anilines is 2. The molecule has 0 saturated carbocycles. The number of nitrogens with one attached hydrogen (secondary N) is 2. The second-order valence-electron chi connectivity index (χ2n) is 7.04. The molecule has 0 radical (unpaired) electrons. The Morgan fingerprint density at radius 2 is 1.50 bits per heavy atom. The van der Waals surface area contributed by atoms with Crippen LogP contribution < -0.4 is 14.8 Å². The molecule has 0 bridgehead atoms. The number of ether oxygens (including phenoxy) is 1. The number of aryl methyl sites for hydroxylation is 2. The van der Waals surface area contributed by atoms with E-state index in [1.165, 1.54) is 37.4 Å². The molecule has 9 heteroatoms. The average molecular weight is 455 g/mol. The SMILES string of the molecule is COC(=O)c1cc(NC(=O)Nc2cccc(C)c2)cc(OS(=O)(=O)c2ccc(C)cc2)c1. The van der Waals surface area contributed by atoms with Gasteiger partial charge in [-0.2, -0.15) is 8.42 Å². The Hall–Kier alpha value is -3.85. The first-order chi connectivity index (χ1) is 15.2. The number of carbonyl (C=O) groups is 2. The van der Waals surface area contributed by atoms with Gasteiger partial charge in [-0.15, -0.1) is 0 Å². The molecule has 0 atom stereocenters. The third-order valence-electron chi connectivity index (χ3n) is 4.38. The van der Waals surface area contributed by atoms with Crippen LogP contribution in [-0.2, 0) is 14.9 Å². The molecule has 0 saturated heterocycles. The third kappa shape index (κ3) is 5.86. The van der Waals surface area contributed by atoms with Gasteiger partial charge in [0.25, 0.3) is 0 Å². The lowest BCUT2D eigenvalue weighted by atomic mass is 10.2. The topological polar surface area (TPSA) is 111 Å². The van der Waals surface area contributed by atoms with Gasteiger partial charge >= 0.3 is 22.1 Å². The molecule has 3 aromatic carbocycles. The third-order valence-corrected chi connectivity index (χ3v) is 5.64. The smallest absolute Gasteiger partial charge is 0.339 e. The number of urea groups is 1. The maximum Gasteiger partial charge on any atom is 0.339 e. The molecule has 3 rings (SSSR count). The number of esters is 1. The summed E-state index contributed by atoms with van der Waals surface area (Å²) < 4.78 is 35.2. The van der Waals surface area contributed by atoms with Crippen LogP contribution >= 0.6 is 0 Å². The molecular formula is C23H22N2O6S. The highest BCUT2D eigenvalue weighted by molar-refractivity contribution is 7.87. The Morgan fingerprint density at radius 1 is 0.812 bits per heavy atom. The molecule has 166 valence electrons. The van der Waals surface area contributed by atoms with E-state index in [0.29, 0.717) is 5.69 Å². The Kier molecular flexibility index (Phi) is 6.79. The molecule has 0 aliphatic carbocycles. The second-order valence-corrected chi connectivity index (χ2v) is 8.58. The molecule has 0 fully saturated rings.